The van der Waals surface area contributed by atoms with Gasteiger partial charge < -0.3 is 71.1 Å². The van der Waals surface area contributed by atoms with Gasteiger partial charge in [-0.2, -0.15) is 0 Å². The van der Waals surface area contributed by atoms with Crippen LogP contribution in [0.5, 0.6) is 46.0 Å². The first kappa shape index (κ1) is 86.3. The van der Waals surface area contributed by atoms with Crippen LogP contribution in [0.1, 0.15) is 111 Å². The first-order chi connectivity index (χ1) is 52.1. The van der Waals surface area contributed by atoms with Crippen molar-refractivity contribution in [1.29, 1.82) is 0 Å². The summed E-state index contributed by atoms with van der Waals surface area (Å²) in [6.07, 6.45) is 4.70. The molecule has 8 aromatic rings. The fourth-order valence-electron chi connectivity index (χ4n) is 13.7. The van der Waals surface area contributed by atoms with Crippen molar-refractivity contribution in [3.63, 3.8) is 0 Å². The molecule has 4 aliphatic rings. The third-order valence-electron chi connectivity index (χ3n) is 17.9. The second-order valence-corrected chi connectivity index (χ2v) is 52.0. The number of fused-ring (bicyclic) bond motifs is 4. The van der Waals surface area contributed by atoms with Gasteiger partial charge in [-0.1, -0.05) is 133 Å². The van der Waals surface area contributed by atoms with Gasteiger partial charge in [0, 0.05) is 82.0 Å². The van der Waals surface area contributed by atoms with Crippen molar-refractivity contribution in [3.8, 4) is 46.0 Å². The summed E-state index contributed by atoms with van der Waals surface area (Å²) >= 11 is 28.0. The van der Waals surface area contributed by atoms with Crippen LogP contribution in [0.2, 0.25) is 0 Å². The number of ether oxygens (including phenoxy) is 15. The molecule has 0 aromatic heterocycles. The van der Waals surface area contributed by atoms with E-state index < -0.39 is 13.9 Å². The molecule has 2 aliphatic carbocycles. The van der Waals surface area contributed by atoms with Gasteiger partial charge in [0.1, 0.15) is 78.5 Å². The van der Waals surface area contributed by atoms with Crippen molar-refractivity contribution in [2.24, 2.45) is 0 Å². The number of hydrogen-bond donors (Lipinski definition) is 0. The Balaban J connectivity index is 0.000000224. The molecule has 25 heteroatoms. The van der Waals surface area contributed by atoms with E-state index in [1.165, 1.54) is 0 Å². The average molecular weight is 1760 g/mol. The number of rotatable bonds is 9. The first-order valence-corrected chi connectivity index (χ1v) is 52.5. The minimum absolute atomic E-state index is 0.292. The molecule has 0 saturated carbocycles. The van der Waals surface area contributed by atoms with Crippen LogP contribution < -0.4 is 37.9 Å². The maximum atomic E-state index is 6.67. The van der Waals surface area contributed by atoms with Crippen molar-refractivity contribution in [2.75, 3.05) is 147 Å². The van der Waals surface area contributed by atoms with Gasteiger partial charge in [0.15, 0.2) is 0 Å². The molecule has 20 bridgehead atoms. The number of hydrogen-bond acceptors (Lipinski definition) is 15. The number of para-hydroxylation sites is 4. The fraction of sp³-hybridized carbons (Fsp3) is 0.415. The average Bonchev–Trinajstić information content (AvgIpc) is 0.776. The Morgan fingerprint density at radius 1 is 0.262 bits per heavy atom. The summed E-state index contributed by atoms with van der Waals surface area (Å²) in [6.45, 7) is 7.05. The third kappa shape index (κ3) is 25.9. The molecule has 0 fully saturated rings. The quantitative estimate of drug-likeness (QED) is 0.1000. The molecular formula is C82H93Cl9O15Sn. The summed E-state index contributed by atoms with van der Waals surface area (Å²) in [7, 11) is 28.6. The molecule has 8 aromatic carbocycles. The van der Waals surface area contributed by atoms with E-state index in [9.17, 15) is 0 Å². The molecular weight excluding hydrogens is 1660 g/mol. The van der Waals surface area contributed by atoms with E-state index in [1.54, 1.807) is 35.5 Å². The summed E-state index contributed by atoms with van der Waals surface area (Å²) in [6, 6.07) is 42.8. The second-order valence-electron chi connectivity index (χ2n) is 25.3. The van der Waals surface area contributed by atoms with Gasteiger partial charge in [-0.3, -0.25) is 0 Å². The molecule has 0 atom stereocenters. The van der Waals surface area contributed by atoms with Crippen molar-refractivity contribution in [3.05, 3.63) is 233 Å². The Bertz CT molecular complexity index is 3680. The van der Waals surface area contributed by atoms with Gasteiger partial charge >= 0.3 is 49.6 Å². The monoisotopic (exact) mass is 1750 g/mol. The Kier molecular flexibility index (Phi) is 36.9. The standard InChI is InChI=1S/C42H46Cl4O7.C38H42O7.C2H5ClO.4ClH.Sn/c1-47-39-31-11-27(23-43)12-32(39)20-36-16-30(26-46)18-38-22-34-14-28(24-44)13-33(40(34)48-2)21-37-17-29(25-45)15-35(19-31)41(37)52-9-7-50-5-3-49-4-6-51-8-10-53-42(36)38;1-39-35-27-7-3-8-28(35)24-32-12-6-14-34-26-30-10-4-9-29(36(30)40-2)25-33-13-5-11-31(23-27)37(33)44-21-19-42-17-15-41-16-18-43-20-22-45-38(32)34;1-4-2-3;;;;;/h11-18H,3-10,19-26H2,1-2H3;3-14H,15-26H2,1-2H3;2H2,1H3;4*1H;/q;;;;;;;+4/p-4. The van der Waals surface area contributed by atoms with Gasteiger partial charge in [-0.15, -0.1) is 46.4 Å². The molecule has 0 N–H and O–H groups in total. The summed E-state index contributed by atoms with van der Waals surface area (Å²) in [5, 5.41) is 0. The fourth-order valence-corrected chi connectivity index (χ4v) is 14.3. The SMILES string of the molecule is COCCl.COc1c2cc(CCl)cc1Cc1cc(CCl)cc3c1OCCOCCOCCOCCOc1c(cc(CCl)cc1Cc1cc(CCl)cc(c1OC)C3)C2.COc1c2cccc1Cc1cccc3c1OCCOCCOCCOCCOc1c(cccc1Cc1cccc(c1OC)C3)C2.[Cl][Sn]([Cl])([Cl])[Cl]. The molecule has 2 heterocycles. The van der Waals surface area contributed by atoms with E-state index in [0.717, 1.165) is 157 Å². The first-order valence-electron chi connectivity index (χ1n) is 35.3. The summed E-state index contributed by atoms with van der Waals surface area (Å²) in [4.78, 5) is 0. The van der Waals surface area contributed by atoms with Crippen molar-refractivity contribution < 1.29 is 71.1 Å². The van der Waals surface area contributed by atoms with Gasteiger partial charge in [0.05, 0.1) is 108 Å². The van der Waals surface area contributed by atoms with E-state index in [2.05, 4.69) is 126 Å². The summed E-state index contributed by atoms with van der Waals surface area (Å²) < 4.78 is 90.3. The van der Waals surface area contributed by atoms with Crippen LogP contribution in [0.3, 0.4) is 0 Å². The number of alkyl halides is 5. The van der Waals surface area contributed by atoms with E-state index >= 15 is 0 Å². The maximum absolute atomic E-state index is 6.67. The zero-order valence-electron chi connectivity index (χ0n) is 61.1. The zero-order chi connectivity index (χ0) is 75.9. The Hall–Kier alpha value is -4.71. The zero-order valence-corrected chi connectivity index (χ0v) is 70.7. The predicted octanol–water partition coefficient (Wildman–Crippen LogP) is 18.6. The Morgan fingerprint density at radius 2 is 0.430 bits per heavy atom. The van der Waals surface area contributed by atoms with Crippen molar-refractivity contribution >= 4 is 108 Å². The van der Waals surface area contributed by atoms with Gasteiger partial charge in [0.25, 0.3) is 0 Å². The molecule has 12 rings (SSSR count). The van der Waals surface area contributed by atoms with E-state index in [4.69, 9.17) is 160 Å². The van der Waals surface area contributed by atoms with Crippen LogP contribution in [-0.4, -0.2) is 161 Å². The van der Waals surface area contributed by atoms with Gasteiger partial charge in [-0.25, -0.2) is 0 Å². The van der Waals surface area contributed by atoms with Crippen LogP contribution >= 0.6 is 93.7 Å². The van der Waals surface area contributed by atoms with Gasteiger partial charge in [-0.05, 0) is 111 Å². The number of methoxy groups -OCH3 is 5. The molecule has 578 valence electrons. The number of benzene rings is 8. The molecule has 15 nitrogen and oxygen atoms in total. The minimum atomic E-state index is -3.29. The normalized spacial score (nSPS) is 15.3. The second kappa shape index (κ2) is 45.7. The molecule has 2 aliphatic heterocycles. The van der Waals surface area contributed by atoms with Crippen LogP contribution in [-0.2, 0) is 108 Å². The van der Waals surface area contributed by atoms with Crippen LogP contribution in [0, 0.1) is 0 Å². The Labute approximate surface area is 673 Å². The van der Waals surface area contributed by atoms with E-state index in [0.29, 0.717) is 187 Å². The molecule has 0 saturated heterocycles. The molecule has 0 unspecified atom stereocenters. The van der Waals surface area contributed by atoms with E-state index in [-0.39, 0.29) is 0 Å². The number of halogens is 9. The third-order valence-corrected chi connectivity index (χ3v) is 19.3. The van der Waals surface area contributed by atoms with Gasteiger partial charge in [0.2, 0.25) is 0 Å². The van der Waals surface area contributed by atoms with Crippen LogP contribution in [0.15, 0.2) is 121 Å². The summed E-state index contributed by atoms with van der Waals surface area (Å²) in [5.41, 5.74) is 20.6. The van der Waals surface area contributed by atoms with Crippen LogP contribution in [0.25, 0.3) is 0 Å². The van der Waals surface area contributed by atoms with Crippen molar-refractivity contribution in [2.45, 2.75) is 74.9 Å². The Morgan fingerprint density at radius 3 is 0.626 bits per heavy atom. The molecule has 0 amide bonds. The molecule has 107 heavy (non-hydrogen) atoms. The predicted molar refractivity (Wildman–Crippen MR) is 432 cm³/mol. The van der Waals surface area contributed by atoms with E-state index in [1.807, 2.05) is 0 Å². The molecule has 0 radical (unpaired) electrons. The topological polar surface area (TPSA) is 138 Å². The van der Waals surface area contributed by atoms with Crippen LogP contribution in [0.4, 0.5) is 0 Å². The van der Waals surface area contributed by atoms with Crippen molar-refractivity contribution in [1.82, 2.24) is 0 Å². The summed E-state index contributed by atoms with van der Waals surface area (Å²) in [5.74, 6) is 8.00. The molecule has 0 spiro atoms.